The standard InChI is InChI=1S/C20H18N2O/c21-20(23)18-14-13-17(12-11-15-7-3-1-4-8-15)22-19(18)16-9-5-2-6-10-16/h1-10,13-14H,11-12H2,(H2,21,23). The summed E-state index contributed by atoms with van der Waals surface area (Å²) < 4.78 is 0. The number of benzene rings is 2. The molecule has 1 amide bonds. The zero-order valence-electron chi connectivity index (χ0n) is 12.8. The molecule has 114 valence electrons. The molecule has 0 unspecified atom stereocenters. The highest BCUT2D eigenvalue weighted by Crippen LogP contribution is 2.22. The summed E-state index contributed by atoms with van der Waals surface area (Å²) in [5.41, 5.74) is 9.74. The predicted molar refractivity (Wildman–Crippen MR) is 92.0 cm³/mol. The van der Waals surface area contributed by atoms with E-state index in [-0.39, 0.29) is 0 Å². The molecule has 0 radical (unpaired) electrons. The Morgan fingerprint density at radius 2 is 1.48 bits per heavy atom. The molecule has 3 rings (SSSR count). The Bertz CT molecular complexity index is 798. The van der Waals surface area contributed by atoms with Gasteiger partial charge in [0.15, 0.2) is 0 Å². The van der Waals surface area contributed by atoms with Crippen LogP contribution in [-0.4, -0.2) is 10.9 Å². The van der Waals surface area contributed by atoms with Gasteiger partial charge in [-0.1, -0.05) is 60.7 Å². The quantitative estimate of drug-likeness (QED) is 0.782. The van der Waals surface area contributed by atoms with Crippen molar-refractivity contribution in [2.45, 2.75) is 12.8 Å². The molecule has 2 aromatic carbocycles. The largest absolute Gasteiger partial charge is 0.366 e. The van der Waals surface area contributed by atoms with E-state index in [1.54, 1.807) is 6.07 Å². The molecule has 0 atom stereocenters. The first kappa shape index (κ1) is 15.0. The summed E-state index contributed by atoms with van der Waals surface area (Å²) in [6, 6.07) is 23.6. The van der Waals surface area contributed by atoms with E-state index in [1.807, 2.05) is 54.6 Å². The molecule has 3 heteroatoms. The van der Waals surface area contributed by atoms with Crippen LogP contribution in [-0.2, 0) is 12.8 Å². The van der Waals surface area contributed by atoms with Crippen LogP contribution in [0.3, 0.4) is 0 Å². The Morgan fingerprint density at radius 3 is 2.13 bits per heavy atom. The lowest BCUT2D eigenvalue weighted by Crippen LogP contribution is -2.14. The molecule has 2 N–H and O–H groups in total. The Morgan fingerprint density at radius 1 is 0.826 bits per heavy atom. The maximum absolute atomic E-state index is 11.7. The van der Waals surface area contributed by atoms with Crippen molar-refractivity contribution >= 4 is 5.91 Å². The summed E-state index contributed by atoms with van der Waals surface area (Å²) in [6.45, 7) is 0. The van der Waals surface area contributed by atoms with Gasteiger partial charge in [-0.25, -0.2) is 0 Å². The van der Waals surface area contributed by atoms with Gasteiger partial charge in [-0.3, -0.25) is 9.78 Å². The van der Waals surface area contributed by atoms with Crippen molar-refractivity contribution in [1.29, 1.82) is 0 Å². The molecule has 1 heterocycles. The summed E-state index contributed by atoms with van der Waals surface area (Å²) in [7, 11) is 0. The first-order chi connectivity index (χ1) is 11.2. The molecule has 0 saturated carbocycles. The van der Waals surface area contributed by atoms with Crippen molar-refractivity contribution < 1.29 is 4.79 Å². The number of amides is 1. The fourth-order valence-electron chi connectivity index (χ4n) is 2.57. The Kier molecular flexibility index (Phi) is 4.48. The molecule has 1 aromatic heterocycles. The SMILES string of the molecule is NC(=O)c1ccc(CCc2ccccc2)nc1-c1ccccc1. The fraction of sp³-hybridized carbons (Fsp3) is 0.100. The number of hydrogen-bond acceptors (Lipinski definition) is 2. The van der Waals surface area contributed by atoms with Gasteiger partial charge in [0.25, 0.3) is 5.91 Å². The molecule has 0 fully saturated rings. The molecule has 23 heavy (non-hydrogen) atoms. The second kappa shape index (κ2) is 6.88. The average molecular weight is 302 g/mol. The highest BCUT2D eigenvalue weighted by molar-refractivity contribution is 5.98. The van der Waals surface area contributed by atoms with Gasteiger partial charge in [0.2, 0.25) is 0 Å². The van der Waals surface area contributed by atoms with Crippen LogP contribution in [0.25, 0.3) is 11.3 Å². The number of hydrogen-bond donors (Lipinski definition) is 1. The third-order valence-electron chi connectivity index (χ3n) is 3.78. The molecular formula is C20H18N2O. The summed E-state index contributed by atoms with van der Waals surface area (Å²) >= 11 is 0. The van der Waals surface area contributed by atoms with Gasteiger partial charge >= 0.3 is 0 Å². The molecule has 0 aliphatic carbocycles. The second-order valence-corrected chi connectivity index (χ2v) is 5.41. The number of aryl methyl sites for hydroxylation is 2. The summed E-state index contributed by atoms with van der Waals surface area (Å²) in [5, 5.41) is 0. The summed E-state index contributed by atoms with van der Waals surface area (Å²) in [4.78, 5) is 16.3. The van der Waals surface area contributed by atoms with E-state index < -0.39 is 5.91 Å². The number of nitrogens with two attached hydrogens (primary N) is 1. The zero-order valence-corrected chi connectivity index (χ0v) is 12.8. The minimum atomic E-state index is -0.453. The molecule has 0 saturated heterocycles. The monoisotopic (exact) mass is 302 g/mol. The van der Waals surface area contributed by atoms with Crippen molar-refractivity contribution in [2.24, 2.45) is 5.73 Å². The van der Waals surface area contributed by atoms with Crippen LogP contribution in [0.5, 0.6) is 0 Å². The van der Waals surface area contributed by atoms with Gasteiger partial charge in [0.1, 0.15) is 0 Å². The van der Waals surface area contributed by atoms with Crippen LogP contribution < -0.4 is 5.73 Å². The van der Waals surface area contributed by atoms with Gasteiger partial charge in [0.05, 0.1) is 11.3 Å². The van der Waals surface area contributed by atoms with Gasteiger partial charge in [-0.15, -0.1) is 0 Å². The van der Waals surface area contributed by atoms with E-state index in [9.17, 15) is 4.79 Å². The Hall–Kier alpha value is -2.94. The topological polar surface area (TPSA) is 56.0 Å². The zero-order chi connectivity index (χ0) is 16.1. The average Bonchev–Trinajstić information content (AvgIpc) is 2.61. The smallest absolute Gasteiger partial charge is 0.250 e. The van der Waals surface area contributed by atoms with E-state index in [1.165, 1.54) is 5.56 Å². The highest BCUT2D eigenvalue weighted by atomic mass is 16.1. The van der Waals surface area contributed by atoms with Crippen LogP contribution in [0.15, 0.2) is 72.8 Å². The van der Waals surface area contributed by atoms with Gasteiger partial charge in [-0.2, -0.15) is 0 Å². The van der Waals surface area contributed by atoms with Gasteiger partial charge < -0.3 is 5.73 Å². The lowest BCUT2D eigenvalue weighted by Gasteiger charge is -2.09. The lowest BCUT2D eigenvalue weighted by atomic mass is 10.0. The molecule has 0 bridgehead atoms. The summed E-state index contributed by atoms with van der Waals surface area (Å²) in [6.07, 6.45) is 1.74. The van der Waals surface area contributed by atoms with Crippen molar-refractivity contribution in [3.8, 4) is 11.3 Å². The minimum absolute atomic E-state index is 0.453. The fourth-order valence-corrected chi connectivity index (χ4v) is 2.57. The van der Waals surface area contributed by atoms with Crippen molar-refractivity contribution in [1.82, 2.24) is 4.98 Å². The number of aromatic nitrogens is 1. The lowest BCUT2D eigenvalue weighted by molar-refractivity contribution is 0.100. The van der Waals surface area contributed by atoms with E-state index in [0.717, 1.165) is 24.1 Å². The van der Waals surface area contributed by atoms with Crippen molar-refractivity contribution in [3.63, 3.8) is 0 Å². The minimum Gasteiger partial charge on any atom is -0.366 e. The predicted octanol–water partition coefficient (Wildman–Crippen LogP) is 3.63. The first-order valence-electron chi connectivity index (χ1n) is 7.63. The molecule has 0 aliphatic rings. The number of pyridine rings is 1. The van der Waals surface area contributed by atoms with E-state index in [0.29, 0.717) is 11.3 Å². The molecular weight excluding hydrogens is 284 g/mol. The van der Waals surface area contributed by atoms with E-state index in [4.69, 9.17) is 5.73 Å². The van der Waals surface area contributed by atoms with Crippen molar-refractivity contribution in [3.05, 3.63) is 89.6 Å². The van der Waals surface area contributed by atoms with Gasteiger partial charge in [-0.05, 0) is 30.5 Å². The third-order valence-corrected chi connectivity index (χ3v) is 3.78. The third kappa shape index (κ3) is 3.64. The normalized spacial score (nSPS) is 10.4. The molecule has 3 aromatic rings. The van der Waals surface area contributed by atoms with Crippen molar-refractivity contribution in [2.75, 3.05) is 0 Å². The van der Waals surface area contributed by atoms with Gasteiger partial charge in [0, 0.05) is 11.3 Å². The number of primary amides is 1. The number of rotatable bonds is 5. The van der Waals surface area contributed by atoms with E-state index >= 15 is 0 Å². The Balaban J connectivity index is 1.90. The van der Waals surface area contributed by atoms with Crippen LogP contribution >= 0.6 is 0 Å². The number of nitrogens with zero attached hydrogens (tertiary/aromatic N) is 1. The molecule has 0 spiro atoms. The van der Waals surface area contributed by atoms with E-state index in [2.05, 4.69) is 17.1 Å². The van der Waals surface area contributed by atoms with Crippen LogP contribution in [0.2, 0.25) is 0 Å². The molecule has 0 aliphatic heterocycles. The van der Waals surface area contributed by atoms with Crippen LogP contribution in [0.4, 0.5) is 0 Å². The van der Waals surface area contributed by atoms with Crippen LogP contribution in [0.1, 0.15) is 21.6 Å². The van der Waals surface area contributed by atoms with Crippen LogP contribution in [0, 0.1) is 0 Å². The molecule has 3 nitrogen and oxygen atoms in total. The summed E-state index contributed by atoms with van der Waals surface area (Å²) in [5.74, 6) is -0.453. The maximum atomic E-state index is 11.7. The second-order valence-electron chi connectivity index (χ2n) is 5.41. The number of carbonyl (C=O) groups is 1. The maximum Gasteiger partial charge on any atom is 0.250 e. The highest BCUT2D eigenvalue weighted by Gasteiger charge is 2.12. The Labute approximate surface area is 135 Å². The number of carbonyl (C=O) groups excluding carboxylic acids is 1. The first-order valence-corrected chi connectivity index (χ1v) is 7.63.